The van der Waals surface area contributed by atoms with E-state index < -0.39 is 0 Å². The van der Waals surface area contributed by atoms with Crippen molar-refractivity contribution in [3.63, 3.8) is 0 Å². The number of furan rings is 1. The maximum absolute atomic E-state index is 12.3. The number of benzene rings is 1. The van der Waals surface area contributed by atoms with Gasteiger partial charge >= 0.3 is 0 Å². The highest BCUT2D eigenvalue weighted by Crippen LogP contribution is 2.35. The zero-order valence-electron chi connectivity index (χ0n) is 22.9. The lowest BCUT2D eigenvalue weighted by atomic mass is 10.0. The monoisotopic (exact) mass is 513 g/mol. The highest BCUT2D eigenvalue weighted by molar-refractivity contribution is 5.91. The van der Waals surface area contributed by atoms with Crippen LogP contribution >= 0.6 is 0 Å². The fourth-order valence-corrected chi connectivity index (χ4v) is 4.66. The zero-order chi connectivity index (χ0) is 26.0. The maximum Gasteiger partial charge on any atom is 0.286 e. The van der Waals surface area contributed by atoms with E-state index in [0.717, 1.165) is 12.8 Å². The van der Waals surface area contributed by atoms with Crippen molar-refractivity contribution in [3.8, 4) is 17.2 Å². The third kappa shape index (κ3) is 11.5. The van der Waals surface area contributed by atoms with Gasteiger partial charge in [0.15, 0.2) is 17.3 Å². The molecule has 6 heteroatoms. The van der Waals surface area contributed by atoms with Crippen LogP contribution in [0.3, 0.4) is 0 Å². The van der Waals surface area contributed by atoms with Crippen LogP contribution in [0.5, 0.6) is 17.2 Å². The average molecular weight is 514 g/mol. The van der Waals surface area contributed by atoms with Crippen molar-refractivity contribution in [2.24, 2.45) is 0 Å². The average Bonchev–Trinajstić information content (AvgIpc) is 3.58. The molecule has 0 atom stereocenters. The molecule has 1 aliphatic rings. The van der Waals surface area contributed by atoms with E-state index in [1.165, 1.54) is 89.9 Å². The van der Waals surface area contributed by atoms with Crippen LogP contribution in [-0.2, 0) is 6.61 Å². The van der Waals surface area contributed by atoms with Crippen molar-refractivity contribution in [3.05, 3.63) is 41.9 Å². The van der Waals surface area contributed by atoms with Crippen molar-refractivity contribution in [1.29, 1.82) is 0 Å². The van der Waals surface area contributed by atoms with Crippen molar-refractivity contribution in [2.45, 2.75) is 116 Å². The lowest BCUT2D eigenvalue weighted by Gasteiger charge is -2.06. The summed E-state index contributed by atoms with van der Waals surface area (Å²) in [5.41, 5.74) is 0. The van der Waals surface area contributed by atoms with Crippen LogP contribution in [0.25, 0.3) is 0 Å². The summed E-state index contributed by atoms with van der Waals surface area (Å²) in [5, 5.41) is 2.96. The predicted molar refractivity (Wildman–Crippen MR) is 147 cm³/mol. The van der Waals surface area contributed by atoms with E-state index in [1.807, 2.05) is 12.1 Å². The van der Waals surface area contributed by atoms with Crippen LogP contribution in [0, 0.1) is 0 Å². The van der Waals surface area contributed by atoms with E-state index >= 15 is 0 Å². The van der Waals surface area contributed by atoms with Gasteiger partial charge in [-0.2, -0.15) is 0 Å². The number of rotatable bonds is 21. The second-order valence-electron chi connectivity index (χ2n) is 10.1. The van der Waals surface area contributed by atoms with Gasteiger partial charge in [0, 0.05) is 12.6 Å². The SMILES string of the molecule is CCCCCCCCCCCCCCCCCCNC(=O)c1ccc(COc2ccc3c(c2)OCO3)o1. The van der Waals surface area contributed by atoms with E-state index in [2.05, 4.69) is 12.2 Å². The fourth-order valence-electron chi connectivity index (χ4n) is 4.66. The molecule has 0 aliphatic carbocycles. The zero-order valence-corrected chi connectivity index (χ0v) is 22.9. The summed E-state index contributed by atoms with van der Waals surface area (Å²) in [6, 6.07) is 8.90. The second kappa shape index (κ2) is 17.8. The number of ether oxygens (including phenoxy) is 3. The van der Waals surface area contributed by atoms with Crippen LogP contribution < -0.4 is 19.5 Å². The smallest absolute Gasteiger partial charge is 0.286 e. The number of hydrogen-bond acceptors (Lipinski definition) is 5. The summed E-state index contributed by atoms with van der Waals surface area (Å²) in [6.07, 6.45) is 21.5. The van der Waals surface area contributed by atoms with Gasteiger partial charge in [0.2, 0.25) is 6.79 Å². The Kier molecular flexibility index (Phi) is 13.9. The van der Waals surface area contributed by atoms with E-state index in [4.69, 9.17) is 18.6 Å². The Bertz CT molecular complexity index is 893. The summed E-state index contributed by atoms with van der Waals surface area (Å²) in [6.45, 7) is 3.43. The van der Waals surface area contributed by atoms with Gasteiger partial charge in [-0.05, 0) is 30.7 Å². The van der Waals surface area contributed by atoms with E-state index in [9.17, 15) is 4.79 Å². The predicted octanol–water partition coefficient (Wildman–Crippen LogP) is 8.58. The Morgan fingerprint density at radius 1 is 0.757 bits per heavy atom. The third-order valence-electron chi connectivity index (χ3n) is 6.93. The molecule has 1 aromatic carbocycles. The lowest BCUT2D eigenvalue weighted by molar-refractivity contribution is 0.0921. The molecule has 0 fully saturated rings. The fraction of sp³-hybridized carbons (Fsp3) is 0.645. The van der Waals surface area contributed by atoms with Crippen molar-refractivity contribution >= 4 is 5.91 Å². The van der Waals surface area contributed by atoms with Crippen LogP contribution in [0.15, 0.2) is 34.7 Å². The molecule has 0 radical (unpaired) electrons. The molecule has 1 aliphatic heterocycles. The van der Waals surface area contributed by atoms with Crippen LogP contribution in [0.4, 0.5) is 0 Å². The molecule has 37 heavy (non-hydrogen) atoms. The lowest BCUT2D eigenvalue weighted by Crippen LogP contribution is -2.23. The van der Waals surface area contributed by atoms with Gasteiger partial charge in [0.1, 0.15) is 18.1 Å². The minimum absolute atomic E-state index is 0.171. The number of fused-ring (bicyclic) bond motifs is 1. The molecule has 1 aromatic heterocycles. The molecule has 1 N–H and O–H groups in total. The summed E-state index contributed by atoms with van der Waals surface area (Å²) in [7, 11) is 0. The first kappa shape index (κ1) is 28.9. The Labute approximate surface area is 223 Å². The third-order valence-corrected chi connectivity index (χ3v) is 6.93. The molecule has 0 spiro atoms. The Morgan fingerprint density at radius 2 is 1.35 bits per heavy atom. The van der Waals surface area contributed by atoms with Gasteiger partial charge in [-0.15, -0.1) is 0 Å². The summed E-state index contributed by atoms with van der Waals surface area (Å²) in [5.74, 6) is 2.80. The Hall–Kier alpha value is -2.63. The second-order valence-corrected chi connectivity index (χ2v) is 10.1. The molecule has 0 bridgehead atoms. The van der Waals surface area contributed by atoms with Gasteiger partial charge in [0.25, 0.3) is 5.91 Å². The number of amides is 1. The summed E-state index contributed by atoms with van der Waals surface area (Å²) >= 11 is 0. The largest absolute Gasteiger partial charge is 0.486 e. The van der Waals surface area contributed by atoms with Gasteiger partial charge in [-0.25, -0.2) is 0 Å². The number of carbonyl (C=O) groups excluding carboxylic acids is 1. The first-order valence-electron chi connectivity index (χ1n) is 14.7. The van der Waals surface area contributed by atoms with Gasteiger partial charge in [-0.1, -0.05) is 103 Å². The topological polar surface area (TPSA) is 69.9 Å². The number of hydrogen-bond donors (Lipinski definition) is 1. The first-order chi connectivity index (χ1) is 18.3. The highest BCUT2D eigenvalue weighted by Gasteiger charge is 2.15. The molecule has 206 valence electrons. The standard InChI is InChI=1S/C31H47NO5/c1-2-3-4-5-6-7-8-9-10-11-12-13-14-15-16-17-22-32-31(33)29-21-19-27(37-29)24-34-26-18-20-28-30(23-26)36-25-35-28/h18-21,23H,2-17,22,24-25H2,1H3,(H,32,33). The minimum Gasteiger partial charge on any atom is -0.486 e. The highest BCUT2D eigenvalue weighted by atomic mass is 16.7. The maximum atomic E-state index is 12.3. The normalized spacial score (nSPS) is 12.1. The molecule has 0 saturated heterocycles. The van der Waals surface area contributed by atoms with E-state index in [0.29, 0.717) is 35.3 Å². The van der Waals surface area contributed by atoms with Crippen LogP contribution in [-0.4, -0.2) is 19.2 Å². The minimum atomic E-state index is -0.171. The van der Waals surface area contributed by atoms with Gasteiger partial charge < -0.3 is 23.9 Å². The van der Waals surface area contributed by atoms with E-state index in [1.54, 1.807) is 18.2 Å². The van der Waals surface area contributed by atoms with E-state index in [-0.39, 0.29) is 19.3 Å². The molecular formula is C31H47NO5. The number of nitrogens with one attached hydrogen (secondary N) is 1. The molecule has 0 unspecified atom stereocenters. The molecule has 6 nitrogen and oxygen atoms in total. The first-order valence-corrected chi connectivity index (χ1v) is 14.7. The molecular weight excluding hydrogens is 466 g/mol. The number of unbranched alkanes of at least 4 members (excludes halogenated alkanes) is 15. The summed E-state index contributed by atoms with van der Waals surface area (Å²) in [4.78, 5) is 12.3. The Morgan fingerprint density at radius 3 is 2.00 bits per heavy atom. The van der Waals surface area contributed by atoms with Crippen LogP contribution in [0.2, 0.25) is 0 Å². The van der Waals surface area contributed by atoms with Gasteiger partial charge in [0.05, 0.1) is 0 Å². The molecule has 2 heterocycles. The van der Waals surface area contributed by atoms with Crippen molar-refractivity contribution in [1.82, 2.24) is 5.32 Å². The molecule has 1 amide bonds. The Balaban J connectivity index is 1.12. The van der Waals surface area contributed by atoms with Gasteiger partial charge in [-0.3, -0.25) is 4.79 Å². The molecule has 2 aromatic rings. The number of carbonyl (C=O) groups is 1. The summed E-state index contributed by atoms with van der Waals surface area (Å²) < 4.78 is 22.1. The molecule has 0 saturated carbocycles. The van der Waals surface area contributed by atoms with Crippen LogP contribution in [0.1, 0.15) is 126 Å². The van der Waals surface area contributed by atoms with Crippen molar-refractivity contribution in [2.75, 3.05) is 13.3 Å². The quantitative estimate of drug-likeness (QED) is 0.169. The molecule has 3 rings (SSSR count). The van der Waals surface area contributed by atoms with Crippen molar-refractivity contribution < 1.29 is 23.4 Å².